The lowest BCUT2D eigenvalue weighted by molar-refractivity contribution is 0.0914. The Kier molecular flexibility index (Phi) is 4.48. The van der Waals surface area contributed by atoms with Crippen molar-refractivity contribution in [1.29, 1.82) is 0 Å². The molecule has 0 saturated carbocycles. The smallest absolute Gasteiger partial charge is 0.252 e. The predicted octanol–water partition coefficient (Wildman–Crippen LogP) is 3.57. The van der Waals surface area contributed by atoms with Crippen LogP contribution in [0, 0.1) is 0 Å². The molecule has 2 unspecified atom stereocenters. The van der Waals surface area contributed by atoms with E-state index in [1.165, 1.54) is 25.8 Å². The summed E-state index contributed by atoms with van der Waals surface area (Å²) in [6.07, 6.45) is 4.88. The fraction of sp³-hybridized carbons (Fsp3) is 0.533. The van der Waals surface area contributed by atoms with E-state index in [2.05, 4.69) is 42.1 Å². The van der Waals surface area contributed by atoms with Crippen molar-refractivity contribution in [1.82, 2.24) is 10.2 Å². The number of rotatable bonds is 2. The van der Waals surface area contributed by atoms with Crippen molar-refractivity contribution in [3.05, 3.63) is 32.7 Å². The third-order valence-corrected chi connectivity index (χ3v) is 5.50. The molecular formula is C15H18Br2N2O. The zero-order valence-corrected chi connectivity index (χ0v) is 14.4. The lowest BCUT2D eigenvalue weighted by Gasteiger charge is -2.32. The van der Waals surface area contributed by atoms with E-state index in [4.69, 9.17) is 0 Å². The maximum Gasteiger partial charge on any atom is 0.252 e. The molecule has 2 fully saturated rings. The quantitative estimate of drug-likeness (QED) is 0.821. The molecule has 0 bridgehead atoms. The van der Waals surface area contributed by atoms with Gasteiger partial charge in [0, 0.05) is 27.6 Å². The Morgan fingerprint density at radius 2 is 2.05 bits per heavy atom. The second kappa shape index (κ2) is 6.16. The molecule has 0 spiro atoms. The Morgan fingerprint density at radius 1 is 1.20 bits per heavy atom. The molecule has 20 heavy (non-hydrogen) atoms. The van der Waals surface area contributed by atoms with Crippen LogP contribution < -0.4 is 5.32 Å². The largest absolute Gasteiger partial charge is 0.348 e. The summed E-state index contributed by atoms with van der Waals surface area (Å²) in [7, 11) is 0. The Morgan fingerprint density at radius 3 is 2.85 bits per heavy atom. The van der Waals surface area contributed by atoms with Crippen LogP contribution in [0.25, 0.3) is 0 Å². The van der Waals surface area contributed by atoms with Crippen LogP contribution in [0.5, 0.6) is 0 Å². The summed E-state index contributed by atoms with van der Waals surface area (Å²) < 4.78 is 1.81. The number of carbonyl (C=O) groups is 1. The normalized spacial score (nSPS) is 26.3. The highest BCUT2D eigenvalue weighted by atomic mass is 79.9. The zero-order valence-electron chi connectivity index (χ0n) is 11.2. The van der Waals surface area contributed by atoms with Crippen molar-refractivity contribution in [2.45, 2.75) is 37.8 Å². The molecule has 2 saturated heterocycles. The van der Waals surface area contributed by atoms with Gasteiger partial charge in [-0.15, -0.1) is 0 Å². The number of piperidine rings is 1. The highest BCUT2D eigenvalue weighted by Gasteiger charge is 2.36. The van der Waals surface area contributed by atoms with Gasteiger partial charge in [-0.1, -0.05) is 22.4 Å². The third-order valence-electron chi connectivity index (χ3n) is 4.35. The summed E-state index contributed by atoms with van der Waals surface area (Å²) >= 11 is 6.88. The Labute approximate surface area is 136 Å². The van der Waals surface area contributed by atoms with Gasteiger partial charge in [0.15, 0.2) is 0 Å². The molecule has 1 aromatic rings. The summed E-state index contributed by atoms with van der Waals surface area (Å²) in [5.41, 5.74) is 0.711. The second-order valence-corrected chi connectivity index (χ2v) is 7.36. The number of fused-ring (bicyclic) bond motifs is 1. The minimum absolute atomic E-state index is 0.0294. The van der Waals surface area contributed by atoms with Crippen LogP contribution in [-0.4, -0.2) is 36.0 Å². The van der Waals surface area contributed by atoms with Crippen LogP contribution in [0.1, 0.15) is 36.0 Å². The van der Waals surface area contributed by atoms with E-state index >= 15 is 0 Å². The molecule has 1 amide bonds. The fourth-order valence-electron chi connectivity index (χ4n) is 3.34. The Hall–Kier alpha value is -0.390. The number of nitrogens with one attached hydrogen (secondary N) is 1. The van der Waals surface area contributed by atoms with E-state index in [0.717, 1.165) is 21.9 Å². The van der Waals surface area contributed by atoms with Gasteiger partial charge in [-0.3, -0.25) is 9.69 Å². The van der Waals surface area contributed by atoms with E-state index < -0.39 is 0 Å². The number of halogens is 2. The molecule has 1 N–H and O–H groups in total. The molecule has 108 valence electrons. The van der Waals surface area contributed by atoms with Gasteiger partial charge in [-0.05, 0) is 59.9 Å². The number of carbonyl (C=O) groups excluding carboxylic acids is 1. The van der Waals surface area contributed by atoms with Crippen molar-refractivity contribution in [2.75, 3.05) is 13.1 Å². The molecular weight excluding hydrogens is 384 g/mol. The van der Waals surface area contributed by atoms with Gasteiger partial charge < -0.3 is 5.32 Å². The summed E-state index contributed by atoms with van der Waals surface area (Å²) in [6, 6.07) is 6.52. The van der Waals surface area contributed by atoms with Gasteiger partial charge in [0.05, 0.1) is 5.56 Å². The molecule has 1 aromatic carbocycles. The third kappa shape index (κ3) is 2.95. The minimum atomic E-state index is 0.0294. The molecule has 0 radical (unpaired) electrons. The molecule has 3 rings (SSSR count). The summed E-state index contributed by atoms with van der Waals surface area (Å²) in [6.45, 7) is 2.32. The topological polar surface area (TPSA) is 32.3 Å². The van der Waals surface area contributed by atoms with Crippen molar-refractivity contribution in [2.24, 2.45) is 0 Å². The van der Waals surface area contributed by atoms with E-state index in [-0.39, 0.29) is 5.91 Å². The molecule has 2 aliphatic rings. The summed E-state index contributed by atoms with van der Waals surface area (Å²) in [5, 5.41) is 3.23. The molecule has 0 aliphatic carbocycles. The SMILES string of the molecule is O=C(NC1CCN2CCCCC12)c1ccc(Br)cc1Br. The highest BCUT2D eigenvalue weighted by molar-refractivity contribution is 9.11. The summed E-state index contributed by atoms with van der Waals surface area (Å²) in [4.78, 5) is 15.0. The van der Waals surface area contributed by atoms with E-state index in [1.54, 1.807) is 0 Å². The van der Waals surface area contributed by atoms with Crippen molar-refractivity contribution in [3.63, 3.8) is 0 Å². The van der Waals surface area contributed by atoms with Crippen LogP contribution in [-0.2, 0) is 0 Å². The molecule has 5 heteroatoms. The van der Waals surface area contributed by atoms with Gasteiger partial charge >= 0.3 is 0 Å². The molecule has 0 aromatic heterocycles. The first-order valence-electron chi connectivity index (χ1n) is 7.15. The molecule has 2 heterocycles. The van der Waals surface area contributed by atoms with Crippen LogP contribution in [0.3, 0.4) is 0 Å². The van der Waals surface area contributed by atoms with Crippen molar-refractivity contribution in [3.8, 4) is 0 Å². The average molecular weight is 402 g/mol. The number of amides is 1. The predicted molar refractivity (Wildman–Crippen MR) is 86.9 cm³/mol. The lowest BCUT2D eigenvalue weighted by Crippen LogP contribution is -2.46. The molecule has 2 atom stereocenters. The van der Waals surface area contributed by atoms with Crippen LogP contribution in [0.4, 0.5) is 0 Å². The van der Waals surface area contributed by atoms with Crippen molar-refractivity contribution >= 4 is 37.8 Å². The van der Waals surface area contributed by atoms with Crippen molar-refractivity contribution < 1.29 is 4.79 Å². The first-order valence-corrected chi connectivity index (χ1v) is 8.74. The Balaban J connectivity index is 1.69. The standard InChI is InChI=1S/C15H18Br2N2O/c16-10-4-5-11(12(17)9-10)15(20)18-13-6-8-19-7-2-1-3-14(13)19/h4-5,9,13-14H,1-3,6-8H2,(H,18,20). The maximum absolute atomic E-state index is 12.4. The average Bonchev–Trinajstić information content (AvgIpc) is 2.82. The monoisotopic (exact) mass is 400 g/mol. The second-order valence-electron chi connectivity index (χ2n) is 5.59. The van der Waals surface area contributed by atoms with Gasteiger partial charge in [0.25, 0.3) is 5.91 Å². The van der Waals surface area contributed by atoms with E-state index in [9.17, 15) is 4.79 Å². The number of benzene rings is 1. The van der Waals surface area contributed by atoms with Gasteiger partial charge in [-0.2, -0.15) is 0 Å². The van der Waals surface area contributed by atoms with Gasteiger partial charge in [0.1, 0.15) is 0 Å². The van der Waals surface area contributed by atoms with Gasteiger partial charge in [0.2, 0.25) is 0 Å². The summed E-state index contributed by atoms with van der Waals surface area (Å²) in [5.74, 6) is 0.0294. The zero-order chi connectivity index (χ0) is 14.1. The van der Waals surface area contributed by atoms with E-state index in [0.29, 0.717) is 17.6 Å². The minimum Gasteiger partial charge on any atom is -0.348 e. The Bertz CT molecular complexity index is 521. The fourth-order valence-corrected chi connectivity index (χ4v) is 4.56. The van der Waals surface area contributed by atoms with Crippen LogP contribution in [0.15, 0.2) is 27.1 Å². The number of hydrogen-bond acceptors (Lipinski definition) is 2. The van der Waals surface area contributed by atoms with E-state index in [1.807, 2.05) is 18.2 Å². The number of hydrogen-bond donors (Lipinski definition) is 1. The highest BCUT2D eigenvalue weighted by Crippen LogP contribution is 2.28. The number of nitrogens with zero attached hydrogens (tertiary/aromatic N) is 1. The van der Waals surface area contributed by atoms with Gasteiger partial charge in [-0.25, -0.2) is 0 Å². The van der Waals surface area contributed by atoms with Crippen LogP contribution in [0.2, 0.25) is 0 Å². The maximum atomic E-state index is 12.4. The lowest BCUT2D eigenvalue weighted by atomic mass is 9.99. The first-order chi connectivity index (χ1) is 9.65. The molecule has 2 aliphatic heterocycles. The first kappa shape index (κ1) is 14.5. The molecule has 3 nitrogen and oxygen atoms in total. The van der Waals surface area contributed by atoms with Crippen LogP contribution >= 0.6 is 31.9 Å².